The molecule has 2 saturated heterocycles. The number of carbonyl (C=O) groups excluding carboxylic acids is 3. The van der Waals surface area contributed by atoms with E-state index < -0.39 is 0 Å². The summed E-state index contributed by atoms with van der Waals surface area (Å²) in [6.45, 7) is 7.64. The second kappa shape index (κ2) is 12.1. The number of likely N-dealkylation sites (tertiary alicyclic amines) is 2. The van der Waals surface area contributed by atoms with Crippen LogP contribution in [0.4, 0.5) is 0 Å². The van der Waals surface area contributed by atoms with Crippen LogP contribution in [-0.4, -0.2) is 69.7 Å². The van der Waals surface area contributed by atoms with Gasteiger partial charge in [-0.05, 0) is 49.7 Å². The first-order valence-corrected chi connectivity index (χ1v) is 15.7. The molecule has 1 saturated carbocycles. The Bertz CT molecular complexity index is 1360. The number of nitrogens with zero attached hydrogens (tertiary/aromatic N) is 4. The lowest BCUT2D eigenvalue weighted by Gasteiger charge is -2.26. The molecule has 40 heavy (non-hydrogen) atoms. The van der Waals surface area contributed by atoms with Crippen molar-refractivity contribution in [2.24, 2.45) is 24.8 Å². The van der Waals surface area contributed by atoms with Gasteiger partial charge < -0.3 is 15.1 Å². The van der Waals surface area contributed by atoms with Crippen LogP contribution in [0, 0.1) is 31.6 Å². The van der Waals surface area contributed by atoms with E-state index in [0.29, 0.717) is 61.1 Å². The first-order chi connectivity index (χ1) is 19.1. The molecule has 1 N–H and O–H groups in total. The Morgan fingerprint density at radius 2 is 1.85 bits per heavy atom. The molecular formula is C30H38IN5O4. The lowest BCUT2D eigenvalue weighted by Crippen LogP contribution is -2.37. The third-order valence-corrected chi connectivity index (χ3v) is 9.90. The van der Waals surface area contributed by atoms with Gasteiger partial charge in [-0.2, -0.15) is 4.98 Å². The summed E-state index contributed by atoms with van der Waals surface area (Å²) in [5.41, 5.74) is 3.68. The van der Waals surface area contributed by atoms with Crippen molar-refractivity contribution in [2.45, 2.75) is 50.0 Å². The van der Waals surface area contributed by atoms with Crippen LogP contribution < -0.4 is 11.0 Å². The maximum atomic E-state index is 13.4. The SMILES string of the molecule is Cc1nc(=O)n(C)c(C)c1C(=O)N1CC2CN(CC[C@H](NC(=O)C3CCC(=O)C3)c3cccc(CI)c3)CC2C1. The zero-order valence-electron chi connectivity index (χ0n) is 23.5. The van der Waals surface area contributed by atoms with Crippen molar-refractivity contribution >= 4 is 40.2 Å². The fraction of sp³-hybridized carbons (Fsp3) is 0.567. The Morgan fingerprint density at radius 3 is 2.50 bits per heavy atom. The Hall–Kier alpha value is -2.60. The molecular weight excluding hydrogens is 621 g/mol. The number of hydrogen-bond acceptors (Lipinski definition) is 6. The first-order valence-electron chi connectivity index (χ1n) is 14.2. The molecule has 214 valence electrons. The molecule has 3 unspecified atom stereocenters. The number of Topliss-reactive ketones (excluding diaryl/α,β-unsaturated/α-hetero) is 1. The Morgan fingerprint density at radius 1 is 1.12 bits per heavy atom. The minimum absolute atomic E-state index is 0.0124. The van der Waals surface area contributed by atoms with E-state index in [9.17, 15) is 19.2 Å². The van der Waals surface area contributed by atoms with Crippen molar-refractivity contribution in [3.63, 3.8) is 0 Å². The van der Waals surface area contributed by atoms with E-state index in [-0.39, 0.29) is 35.2 Å². The molecule has 1 aromatic carbocycles. The van der Waals surface area contributed by atoms with Crippen LogP contribution >= 0.6 is 22.6 Å². The monoisotopic (exact) mass is 659 g/mol. The summed E-state index contributed by atoms with van der Waals surface area (Å²) in [4.78, 5) is 58.7. The second-order valence-electron chi connectivity index (χ2n) is 11.7. The number of fused-ring (bicyclic) bond motifs is 1. The molecule has 0 spiro atoms. The largest absolute Gasteiger partial charge is 0.349 e. The normalized spacial score (nSPS) is 23.4. The van der Waals surface area contributed by atoms with Gasteiger partial charge in [0.1, 0.15) is 5.78 Å². The summed E-state index contributed by atoms with van der Waals surface area (Å²) in [5, 5.41) is 3.28. The molecule has 3 aliphatic rings. The fourth-order valence-electron chi connectivity index (χ4n) is 6.61. The Kier molecular flexibility index (Phi) is 8.75. The molecule has 4 atom stereocenters. The number of carbonyl (C=O) groups is 3. The molecule has 9 nitrogen and oxygen atoms in total. The van der Waals surface area contributed by atoms with Crippen LogP contribution in [0.1, 0.15) is 64.6 Å². The van der Waals surface area contributed by atoms with Gasteiger partial charge in [-0.25, -0.2) is 4.79 Å². The molecule has 5 rings (SSSR count). The number of amides is 2. The highest BCUT2D eigenvalue weighted by atomic mass is 127. The summed E-state index contributed by atoms with van der Waals surface area (Å²) >= 11 is 2.36. The van der Waals surface area contributed by atoms with Crippen LogP contribution in [0.25, 0.3) is 0 Å². The van der Waals surface area contributed by atoms with Gasteiger partial charge in [0.15, 0.2) is 0 Å². The maximum absolute atomic E-state index is 13.4. The van der Waals surface area contributed by atoms with Crippen molar-refractivity contribution in [1.82, 2.24) is 24.7 Å². The smallest absolute Gasteiger partial charge is 0.347 e. The lowest BCUT2D eigenvalue weighted by molar-refractivity contribution is -0.127. The van der Waals surface area contributed by atoms with E-state index in [0.717, 1.165) is 36.0 Å². The highest BCUT2D eigenvalue weighted by Gasteiger charge is 2.42. The summed E-state index contributed by atoms with van der Waals surface area (Å²) in [5.74, 6) is 0.725. The van der Waals surface area contributed by atoms with Crippen LogP contribution in [-0.2, 0) is 21.1 Å². The maximum Gasteiger partial charge on any atom is 0.347 e. The van der Waals surface area contributed by atoms with Crippen LogP contribution in [0.5, 0.6) is 0 Å². The van der Waals surface area contributed by atoms with Gasteiger partial charge >= 0.3 is 5.69 Å². The lowest BCUT2D eigenvalue weighted by atomic mass is 9.99. The van der Waals surface area contributed by atoms with Crippen LogP contribution in [0.2, 0.25) is 0 Å². The molecule has 3 heterocycles. The van der Waals surface area contributed by atoms with Crippen molar-refractivity contribution in [3.05, 3.63) is 62.8 Å². The zero-order chi connectivity index (χ0) is 28.6. The van der Waals surface area contributed by atoms with E-state index in [1.807, 2.05) is 4.90 Å². The van der Waals surface area contributed by atoms with Crippen molar-refractivity contribution in [3.8, 4) is 0 Å². The molecule has 0 bridgehead atoms. The number of halogens is 1. The number of hydrogen-bond donors (Lipinski definition) is 1. The molecule has 0 radical (unpaired) electrons. The van der Waals surface area contributed by atoms with E-state index in [4.69, 9.17) is 0 Å². The Labute approximate surface area is 248 Å². The van der Waals surface area contributed by atoms with Gasteiger partial charge in [-0.15, -0.1) is 0 Å². The zero-order valence-corrected chi connectivity index (χ0v) is 25.6. The van der Waals surface area contributed by atoms with Crippen LogP contribution in [0.3, 0.4) is 0 Å². The van der Waals surface area contributed by atoms with Gasteiger partial charge in [0.2, 0.25) is 5.91 Å². The van der Waals surface area contributed by atoms with E-state index in [1.165, 1.54) is 10.1 Å². The van der Waals surface area contributed by atoms with Crippen molar-refractivity contribution in [2.75, 3.05) is 32.7 Å². The summed E-state index contributed by atoms with van der Waals surface area (Å²) in [7, 11) is 1.65. The quantitative estimate of drug-likeness (QED) is 0.346. The second-order valence-corrected chi connectivity index (χ2v) is 12.5. The number of benzene rings is 1. The van der Waals surface area contributed by atoms with Gasteiger partial charge in [-0.3, -0.25) is 19.0 Å². The summed E-state index contributed by atoms with van der Waals surface area (Å²) in [6, 6.07) is 8.32. The molecule has 2 amide bonds. The molecule has 1 aromatic heterocycles. The third kappa shape index (κ3) is 6.02. The standard InChI is InChI=1S/C30H38IN5O4/c1-18-27(19(2)34(3)30(40)32-18)29(39)36-16-23-14-35(15-24(23)17-36)10-9-26(21-6-4-5-20(11-21)13-31)33-28(38)22-7-8-25(37)12-22/h4-6,11,22-24,26H,7-10,12-17H2,1-3H3,(H,33,38)/t22?,23?,24?,26-/m0/s1. The predicted molar refractivity (Wildman–Crippen MR) is 160 cm³/mol. The highest BCUT2D eigenvalue weighted by Crippen LogP contribution is 2.33. The minimum Gasteiger partial charge on any atom is -0.349 e. The minimum atomic E-state index is -0.340. The average molecular weight is 660 g/mol. The van der Waals surface area contributed by atoms with E-state index in [1.54, 1.807) is 20.9 Å². The van der Waals surface area contributed by atoms with Crippen molar-refractivity contribution < 1.29 is 14.4 Å². The number of alkyl halides is 1. The van der Waals surface area contributed by atoms with E-state index in [2.05, 4.69) is 62.1 Å². The molecule has 2 aliphatic heterocycles. The first kappa shape index (κ1) is 28.9. The van der Waals surface area contributed by atoms with E-state index >= 15 is 0 Å². The number of aryl methyl sites for hydroxylation is 1. The van der Waals surface area contributed by atoms with Gasteiger partial charge in [-0.1, -0.05) is 46.9 Å². The molecule has 1 aliphatic carbocycles. The van der Waals surface area contributed by atoms with Crippen LogP contribution in [0.15, 0.2) is 29.1 Å². The topological polar surface area (TPSA) is 105 Å². The van der Waals surface area contributed by atoms with Crippen molar-refractivity contribution in [1.29, 1.82) is 0 Å². The van der Waals surface area contributed by atoms with Gasteiger partial charge in [0.05, 0.1) is 17.3 Å². The summed E-state index contributed by atoms with van der Waals surface area (Å²) in [6.07, 6.45) is 2.29. The predicted octanol–water partition coefficient (Wildman–Crippen LogP) is 2.95. The average Bonchev–Trinajstić information content (AvgIpc) is 3.64. The Balaban J connectivity index is 1.21. The molecule has 3 fully saturated rings. The van der Waals surface area contributed by atoms with Gasteiger partial charge in [0, 0.05) is 68.7 Å². The number of aromatic nitrogens is 2. The summed E-state index contributed by atoms with van der Waals surface area (Å²) < 4.78 is 2.34. The number of ketones is 1. The van der Waals surface area contributed by atoms with Gasteiger partial charge in [0.25, 0.3) is 5.91 Å². The fourth-order valence-corrected chi connectivity index (χ4v) is 7.08. The number of nitrogens with one attached hydrogen (secondary N) is 1. The highest BCUT2D eigenvalue weighted by molar-refractivity contribution is 14.1. The number of rotatable bonds is 8. The molecule has 2 aromatic rings. The third-order valence-electron chi connectivity index (χ3n) is 9.01. The molecule has 10 heteroatoms.